The van der Waals surface area contributed by atoms with Crippen molar-refractivity contribution in [3.05, 3.63) is 28.9 Å². The number of thiophene rings is 1. The molecule has 150 valence electrons. The maximum absolute atomic E-state index is 12.9. The van der Waals surface area contributed by atoms with Crippen LogP contribution in [-0.2, 0) is 0 Å². The average Bonchev–Trinajstić information content (AvgIpc) is 3.32. The van der Waals surface area contributed by atoms with Gasteiger partial charge in [-0.25, -0.2) is 4.68 Å². The summed E-state index contributed by atoms with van der Waals surface area (Å²) in [6, 6.07) is 4.56. The van der Waals surface area contributed by atoms with Gasteiger partial charge in [-0.1, -0.05) is 5.21 Å². The first-order valence-corrected chi connectivity index (χ1v) is 9.82. The van der Waals surface area contributed by atoms with Crippen molar-refractivity contribution in [3.8, 4) is 0 Å². The molecule has 0 bridgehead atoms. The van der Waals surface area contributed by atoms with E-state index in [4.69, 9.17) is 0 Å². The van der Waals surface area contributed by atoms with Crippen molar-refractivity contribution in [2.45, 2.75) is 25.8 Å². The number of hydrogen-bond donors (Lipinski definition) is 1. The Morgan fingerprint density at radius 3 is 2.52 bits per heavy atom. The molecule has 4 rings (SSSR count). The zero-order chi connectivity index (χ0) is 17.2. The Bertz CT molecular complexity index is 724. The molecule has 2 aliphatic rings. The fourth-order valence-electron chi connectivity index (χ4n) is 3.67. The summed E-state index contributed by atoms with van der Waals surface area (Å²) in [5, 5.41) is 15.2. The van der Waals surface area contributed by atoms with E-state index in [0.29, 0.717) is 11.7 Å². The normalized spacial score (nSPS) is 18.0. The molecule has 2 aromatic rings. The van der Waals surface area contributed by atoms with Gasteiger partial charge in [0.05, 0.1) is 16.7 Å². The van der Waals surface area contributed by atoms with Gasteiger partial charge in [0.1, 0.15) is 0 Å². The lowest BCUT2D eigenvalue weighted by Gasteiger charge is -2.35. The van der Waals surface area contributed by atoms with Crippen LogP contribution in [-0.4, -0.2) is 65.1 Å². The minimum Gasteiger partial charge on any atom is -0.360 e. The molecule has 10 heteroatoms. The molecule has 0 aromatic carbocycles. The van der Waals surface area contributed by atoms with Crippen molar-refractivity contribution in [2.75, 3.05) is 44.2 Å². The maximum Gasteiger partial charge on any atom is 0.276 e. The molecule has 0 atom stereocenters. The van der Waals surface area contributed by atoms with E-state index in [9.17, 15) is 4.79 Å². The summed E-state index contributed by atoms with van der Waals surface area (Å²) >= 11 is 1.75. The number of piperazine rings is 1. The van der Waals surface area contributed by atoms with Gasteiger partial charge >= 0.3 is 0 Å². The van der Waals surface area contributed by atoms with Crippen LogP contribution in [0.5, 0.6) is 0 Å². The Morgan fingerprint density at radius 2 is 1.89 bits per heavy atom. The van der Waals surface area contributed by atoms with Crippen LogP contribution in [0, 0.1) is 6.92 Å². The highest BCUT2D eigenvalue weighted by Crippen LogP contribution is 2.24. The number of anilines is 1. The Balaban J connectivity index is 0.00000131. The zero-order valence-electron chi connectivity index (χ0n) is 15.3. The van der Waals surface area contributed by atoms with Crippen molar-refractivity contribution in [1.29, 1.82) is 0 Å². The van der Waals surface area contributed by atoms with Crippen LogP contribution in [0.15, 0.2) is 17.5 Å². The summed E-state index contributed by atoms with van der Waals surface area (Å²) in [5.74, 6) is 0.0171. The highest BCUT2D eigenvalue weighted by Gasteiger charge is 2.28. The molecule has 0 aliphatic carbocycles. The van der Waals surface area contributed by atoms with Gasteiger partial charge in [-0.05, 0) is 50.4 Å². The Kier molecular flexibility index (Phi) is 7.91. The zero-order valence-corrected chi connectivity index (χ0v) is 17.8. The predicted molar refractivity (Wildman–Crippen MR) is 113 cm³/mol. The van der Waals surface area contributed by atoms with Gasteiger partial charge in [-0.15, -0.1) is 41.2 Å². The van der Waals surface area contributed by atoms with E-state index < -0.39 is 0 Å². The van der Waals surface area contributed by atoms with E-state index in [1.807, 2.05) is 16.5 Å². The molecule has 1 N–H and O–H groups in total. The molecule has 4 heterocycles. The standard InChI is InChI=1S/C17H24N6OS.2ClH/c1-13-16(19-20-23(13)14-4-6-18-7-5-14)17(24)22-10-8-21(9-11-22)15-3-2-12-25-15;;/h2-3,12,14,18H,4-11H2,1H3;2*1H. The molecule has 7 nitrogen and oxygen atoms in total. The van der Waals surface area contributed by atoms with Crippen LogP contribution in [0.1, 0.15) is 35.1 Å². The summed E-state index contributed by atoms with van der Waals surface area (Å²) in [6.45, 7) is 7.17. The number of piperidine rings is 1. The van der Waals surface area contributed by atoms with Crippen LogP contribution < -0.4 is 10.2 Å². The predicted octanol–water partition coefficient (Wildman–Crippen LogP) is 2.38. The maximum atomic E-state index is 12.9. The first-order valence-electron chi connectivity index (χ1n) is 8.94. The van der Waals surface area contributed by atoms with E-state index in [1.165, 1.54) is 5.00 Å². The largest absolute Gasteiger partial charge is 0.360 e. The SMILES string of the molecule is Cc1c(C(=O)N2CCN(c3cccs3)CC2)nnn1C1CCNCC1.Cl.Cl. The lowest BCUT2D eigenvalue weighted by molar-refractivity contribution is 0.0740. The van der Waals surface area contributed by atoms with Gasteiger partial charge in [0, 0.05) is 26.2 Å². The number of halogens is 2. The molecule has 0 saturated carbocycles. The lowest BCUT2D eigenvalue weighted by atomic mass is 10.1. The molecule has 0 radical (unpaired) electrons. The number of hydrogen-bond acceptors (Lipinski definition) is 6. The Morgan fingerprint density at radius 1 is 1.19 bits per heavy atom. The van der Waals surface area contributed by atoms with Crippen LogP contribution >= 0.6 is 36.2 Å². The molecule has 2 saturated heterocycles. The summed E-state index contributed by atoms with van der Waals surface area (Å²) in [4.78, 5) is 17.1. The molecule has 0 spiro atoms. The van der Waals surface area contributed by atoms with Gasteiger partial charge in [0.25, 0.3) is 5.91 Å². The van der Waals surface area contributed by atoms with E-state index in [0.717, 1.165) is 57.8 Å². The van der Waals surface area contributed by atoms with Gasteiger partial charge in [-0.2, -0.15) is 0 Å². The Hall–Kier alpha value is -1.35. The van der Waals surface area contributed by atoms with Gasteiger partial charge in [-0.3, -0.25) is 4.79 Å². The van der Waals surface area contributed by atoms with Crippen LogP contribution in [0.3, 0.4) is 0 Å². The molecule has 2 aliphatic heterocycles. The smallest absolute Gasteiger partial charge is 0.276 e. The third kappa shape index (κ3) is 4.56. The summed E-state index contributed by atoms with van der Waals surface area (Å²) in [5.41, 5.74) is 1.42. The number of aromatic nitrogens is 3. The van der Waals surface area contributed by atoms with Crippen molar-refractivity contribution in [2.24, 2.45) is 0 Å². The number of nitrogens with one attached hydrogen (secondary N) is 1. The lowest BCUT2D eigenvalue weighted by Crippen LogP contribution is -2.48. The average molecular weight is 433 g/mol. The van der Waals surface area contributed by atoms with Crippen LogP contribution in [0.2, 0.25) is 0 Å². The minimum atomic E-state index is 0. The first-order chi connectivity index (χ1) is 12.2. The van der Waals surface area contributed by atoms with Crippen molar-refractivity contribution >= 4 is 47.1 Å². The second kappa shape index (κ2) is 9.73. The Labute approximate surface area is 175 Å². The second-order valence-corrected chi connectivity index (χ2v) is 7.61. The number of carbonyl (C=O) groups is 1. The molecule has 2 fully saturated rings. The fourth-order valence-corrected chi connectivity index (χ4v) is 4.45. The van der Waals surface area contributed by atoms with Crippen molar-refractivity contribution < 1.29 is 4.79 Å². The third-order valence-corrected chi connectivity index (χ3v) is 6.10. The van der Waals surface area contributed by atoms with Crippen molar-refractivity contribution in [1.82, 2.24) is 25.2 Å². The number of rotatable bonds is 3. The topological polar surface area (TPSA) is 66.3 Å². The van der Waals surface area contributed by atoms with Gasteiger partial charge in [0.15, 0.2) is 5.69 Å². The monoisotopic (exact) mass is 432 g/mol. The molecule has 2 aromatic heterocycles. The molecule has 27 heavy (non-hydrogen) atoms. The van der Waals surface area contributed by atoms with E-state index >= 15 is 0 Å². The minimum absolute atomic E-state index is 0. The number of carbonyl (C=O) groups excluding carboxylic acids is 1. The van der Waals surface area contributed by atoms with Gasteiger partial charge < -0.3 is 15.1 Å². The summed E-state index contributed by atoms with van der Waals surface area (Å²) < 4.78 is 1.95. The van der Waals surface area contributed by atoms with E-state index in [-0.39, 0.29) is 30.7 Å². The highest BCUT2D eigenvalue weighted by atomic mass is 35.5. The highest BCUT2D eigenvalue weighted by molar-refractivity contribution is 7.14. The first kappa shape index (κ1) is 21.9. The van der Waals surface area contributed by atoms with Crippen LogP contribution in [0.4, 0.5) is 5.00 Å². The third-order valence-electron chi connectivity index (χ3n) is 5.17. The molecular weight excluding hydrogens is 407 g/mol. The molecule has 1 amide bonds. The summed E-state index contributed by atoms with van der Waals surface area (Å²) in [7, 11) is 0. The quantitative estimate of drug-likeness (QED) is 0.805. The fraction of sp³-hybridized carbons (Fsp3) is 0.588. The number of amides is 1. The van der Waals surface area contributed by atoms with E-state index in [2.05, 4.69) is 38.0 Å². The second-order valence-electron chi connectivity index (χ2n) is 6.68. The van der Waals surface area contributed by atoms with Crippen LogP contribution in [0.25, 0.3) is 0 Å². The van der Waals surface area contributed by atoms with Crippen molar-refractivity contribution in [3.63, 3.8) is 0 Å². The van der Waals surface area contributed by atoms with E-state index in [1.54, 1.807) is 11.3 Å². The number of nitrogens with zero attached hydrogens (tertiary/aromatic N) is 5. The van der Waals surface area contributed by atoms with Gasteiger partial charge in [0.2, 0.25) is 0 Å². The molecular formula is C17H26Cl2N6OS. The molecule has 0 unspecified atom stereocenters. The summed E-state index contributed by atoms with van der Waals surface area (Å²) in [6.07, 6.45) is 2.08.